The number of hydrogen-bond acceptors (Lipinski definition) is 4. The smallest absolute Gasteiger partial charge is 0.255 e. The van der Waals surface area contributed by atoms with Gasteiger partial charge in [-0.15, -0.1) is 0 Å². The van der Waals surface area contributed by atoms with Gasteiger partial charge in [-0.2, -0.15) is 0 Å². The normalized spacial score (nSPS) is 14.1. The molecule has 1 aliphatic rings. The highest BCUT2D eigenvalue weighted by Crippen LogP contribution is 2.23. The first-order valence-electron chi connectivity index (χ1n) is 8.64. The fourth-order valence-electron chi connectivity index (χ4n) is 3.31. The number of nitrogen functional groups attached to an aromatic ring is 1. The lowest BCUT2D eigenvalue weighted by molar-refractivity contribution is 0.238. The Hall–Kier alpha value is -2.70. The Labute approximate surface area is 160 Å². The van der Waals surface area contributed by atoms with Gasteiger partial charge in [-0.05, 0) is 30.3 Å². The van der Waals surface area contributed by atoms with Crippen LogP contribution in [0.1, 0.15) is 16.8 Å². The highest BCUT2D eigenvalue weighted by molar-refractivity contribution is 6.30. The monoisotopic (exact) mass is 384 g/mol. The third-order valence-electron chi connectivity index (χ3n) is 4.76. The van der Waals surface area contributed by atoms with Crippen molar-refractivity contribution < 1.29 is 4.39 Å². The van der Waals surface area contributed by atoms with Crippen molar-refractivity contribution in [1.29, 1.82) is 0 Å². The van der Waals surface area contributed by atoms with Gasteiger partial charge in [-0.1, -0.05) is 23.7 Å². The van der Waals surface area contributed by atoms with Crippen LogP contribution in [-0.2, 0) is 19.5 Å². The number of nitrogens with one attached hydrogen (secondary N) is 1. The third-order valence-corrected chi connectivity index (χ3v) is 5.05. The fourth-order valence-corrected chi connectivity index (χ4v) is 3.50. The second kappa shape index (κ2) is 7.13. The molecule has 0 aliphatic carbocycles. The summed E-state index contributed by atoms with van der Waals surface area (Å²) >= 11 is 5.86. The number of hydrogen-bond donors (Lipinski definition) is 2. The molecule has 3 aromatic rings. The number of rotatable bonds is 3. The van der Waals surface area contributed by atoms with Crippen molar-refractivity contribution in [1.82, 2.24) is 14.9 Å². The van der Waals surface area contributed by atoms with Gasteiger partial charge < -0.3 is 10.7 Å². The number of aromatic amines is 1. The topological polar surface area (TPSA) is 75.0 Å². The van der Waals surface area contributed by atoms with Gasteiger partial charge in [0.15, 0.2) is 0 Å². The molecule has 0 bridgehead atoms. The van der Waals surface area contributed by atoms with E-state index in [1.165, 1.54) is 6.07 Å². The van der Waals surface area contributed by atoms with Crippen LogP contribution in [0.2, 0.25) is 5.02 Å². The number of nitrogens with zero attached hydrogens (tertiary/aromatic N) is 2. The largest absolute Gasteiger partial charge is 0.399 e. The first-order chi connectivity index (χ1) is 13.0. The predicted molar refractivity (Wildman–Crippen MR) is 104 cm³/mol. The lowest BCUT2D eigenvalue weighted by atomic mass is 10.1. The molecule has 1 aromatic heterocycles. The summed E-state index contributed by atoms with van der Waals surface area (Å²) in [7, 11) is 0. The number of halogens is 2. The van der Waals surface area contributed by atoms with Gasteiger partial charge in [-0.3, -0.25) is 9.69 Å². The molecule has 0 unspecified atom stereocenters. The first-order valence-corrected chi connectivity index (χ1v) is 9.02. The Morgan fingerprint density at radius 3 is 2.78 bits per heavy atom. The van der Waals surface area contributed by atoms with Crippen LogP contribution in [0.3, 0.4) is 0 Å². The molecule has 2 aromatic carbocycles. The maximum absolute atomic E-state index is 14.2. The summed E-state index contributed by atoms with van der Waals surface area (Å²) in [6, 6.07) is 12.2. The Morgan fingerprint density at radius 1 is 1.22 bits per heavy atom. The Kier molecular flexibility index (Phi) is 4.68. The molecule has 4 rings (SSSR count). The van der Waals surface area contributed by atoms with E-state index in [9.17, 15) is 9.18 Å². The highest BCUT2D eigenvalue weighted by Gasteiger charge is 2.22. The molecular weight excluding hydrogens is 367 g/mol. The minimum absolute atomic E-state index is 0.109. The molecule has 0 saturated heterocycles. The van der Waals surface area contributed by atoms with Gasteiger partial charge in [-0.25, -0.2) is 9.37 Å². The molecule has 3 N–H and O–H groups in total. The summed E-state index contributed by atoms with van der Waals surface area (Å²) in [6.07, 6.45) is 0.628. The van der Waals surface area contributed by atoms with Crippen LogP contribution >= 0.6 is 11.6 Å². The molecule has 7 heteroatoms. The SMILES string of the molecule is Nc1ccc(-c2nc3c(c(=O)[nH]2)CN(Cc2cccc(Cl)c2F)CC3)cc1. The number of fused-ring (bicyclic) bond motifs is 1. The van der Waals surface area contributed by atoms with E-state index < -0.39 is 5.82 Å². The number of benzene rings is 2. The third kappa shape index (κ3) is 3.59. The zero-order valence-electron chi connectivity index (χ0n) is 14.5. The number of anilines is 1. The van der Waals surface area contributed by atoms with Crippen molar-refractivity contribution in [2.24, 2.45) is 0 Å². The first kappa shape index (κ1) is 17.7. The summed E-state index contributed by atoms with van der Waals surface area (Å²) in [5, 5.41) is 0.109. The van der Waals surface area contributed by atoms with Crippen LogP contribution in [0.5, 0.6) is 0 Å². The number of H-pyrrole nitrogens is 1. The van der Waals surface area contributed by atoms with Crippen molar-refractivity contribution in [3.05, 3.63) is 80.5 Å². The Balaban J connectivity index is 1.59. The molecule has 0 atom stereocenters. The lowest BCUT2D eigenvalue weighted by Crippen LogP contribution is -2.35. The van der Waals surface area contributed by atoms with Crippen LogP contribution in [0.25, 0.3) is 11.4 Å². The maximum atomic E-state index is 14.2. The summed E-state index contributed by atoms with van der Waals surface area (Å²) < 4.78 is 14.2. The van der Waals surface area contributed by atoms with Gasteiger partial charge in [0.05, 0.1) is 16.3 Å². The molecule has 5 nitrogen and oxygen atoms in total. The lowest BCUT2D eigenvalue weighted by Gasteiger charge is -2.28. The zero-order chi connectivity index (χ0) is 19.0. The molecule has 1 aliphatic heterocycles. The van der Waals surface area contributed by atoms with E-state index in [1.54, 1.807) is 24.3 Å². The van der Waals surface area contributed by atoms with Gasteiger partial charge in [0, 0.05) is 42.9 Å². The van der Waals surface area contributed by atoms with Crippen molar-refractivity contribution in [2.75, 3.05) is 12.3 Å². The van der Waals surface area contributed by atoms with E-state index in [4.69, 9.17) is 17.3 Å². The summed E-state index contributed by atoms with van der Waals surface area (Å²) in [4.78, 5) is 22.1. The van der Waals surface area contributed by atoms with Gasteiger partial charge in [0.1, 0.15) is 11.6 Å². The van der Waals surface area contributed by atoms with E-state index in [0.717, 1.165) is 11.3 Å². The molecule has 138 valence electrons. The highest BCUT2D eigenvalue weighted by atomic mass is 35.5. The quantitative estimate of drug-likeness (QED) is 0.679. The van der Waals surface area contributed by atoms with Crippen LogP contribution < -0.4 is 11.3 Å². The van der Waals surface area contributed by atoms with Crippen molar-refractivity contribution in [3.63, 3.8) is 0 Å². The van der Waals surface area contributed by atoms with E-state index in [1.807, 2.05) is 17.0 Å². The van der Waals surface area contributed by atoms with E-state index >= 15 is 0 Å². The average molecular weight is 385 g/mol. The Bertz CT molecular complexity index is 1050. The predicted octanol–water partition coefficient (Wildman–Crippen LogP) is 3.37. The average Bonchev–Trinajstić information content (AvgIpc) is 2.66. The molecule has 2 heterocycles. The van der Waals surface area contributed by atoms with Crippen LogP contribution in [-0.4, -0.2) is 21.4 Å². The standard InChI is InChI=1S/C20H18ClFN4O/c21-16-3-1-2-13(18(16)22)10-26-9-8-17-15(11-26)20(27)25-19(24-17)12-4-6-14(23)7-5-12/h1-7H,8-11,23H2,(H,24,25,27). The summed E-state index contributed by atoms with van der Waals surface area (Å²) in [5.41, 5.74) is 8.95. The van der Waals surface area contributed by atoms with Crippen molar-refractivity contribution >= 4 is 17.3 Å². The van der Waals surface area contributed by atoms with Gasteiger partial charge >= 0.3 is 0 Å². The Morgan fingerprint density at radius 2 is 2.00 bits per heavy atom. The molecule has 27 heavy (non-hydrogen) atoms. The van der Waals surface area contributed by atoms with Crippen LogP contribution in [0.15, 0.2) is 47.3 Å². The van der Waals surface area contributed by atoms with Crippen LogP contribution in [0, 0.1) is 5.82 Å². The number of aromatic nitrogens is 2. The fraction of sp³-hybridized carbons (Fsp3) is 0.200. The van der Waals surface area contributed by atoms with Crippen molar-refractivity contribution in [3.8, 4) is 11.4 Å². The molecule has 0 saturated carbocycles. The minimum atomic E-state index is -0.407. The van der Waals surface area contributed by atoms with Crippen LogP contribution in [0.4, 0.5) is 10.1 Å². The molecule has 0 spiro atoms. The summed E-state index contributed by atoms with van der Waals surface area (Å²) in [5.74, 6) is 0.129. The number of nitrogens with two attached hydrogens (primary N) is 1. The van der Waals surface area contributed by atoms with Gasteiger partial charge in [0.25, 0.3) is 5.56 Å². The van der Waals surface area contributed by atoms with Crippen molar-refractivity contribution in [2.45, 2.75) is 19.5 Å². The maximum Gasteiger partial charge on any atom is 0.255 e. The van der Waals surface area contributed by atoms with E-state index in [0.29, 0.717) is 48.7 Å². The molecule has 0 fully saturated rings. The molecule has 0 amide bonds. The van der Waals surface area contributed by atoms with E-state index in [-0.39, 0.29) is 10.6 Å². The second-order valence-electron chi connectivity index (χ2n) is 6.64. The zero-order valence-corrected chi connectivity index (χ0v) is 15.3. The van der Waals surface area contributed by atoms with Gasteiger partial charge in [0.2, 0.25) is 0 Å². The van der Waals surface area contributed by atoms with E-state index in [2.05, 4.69) is 9.97 Å². The molecular formula is C20H18ClFN4O. The second-order valence-corrected chi connectivity index (χ2v) is 7.04. The molecule has 0 radical (unpaired) electrons. The minimum Gasteiger partial charge on any atom is -0.399 e. The summed E-state index contributed by atoms with van der Waals surface area (Å²) in [6.45, 7) is 1.51.